The highest BCUT2D eigenvalue weighted by atomic mass is 127. The van der Waals surface area contributed by atoms with Crippen molar-refractivity contribution in [2.24, 2.45) is 4.99 Å². The topological polar surface area (TPSA) is 89.2 Å². The number of pyridine rings is 1. The second-order valence-electron chi connectivity index (χ2n) is 7.74. The van der Waals surface area contributed by atoms with E-state index in [1.807, 2.05) is 19.2 Å². The van der Waals surface area contributed by atoms with Gasteiger partial charge in [-0.25, -0.2) is 9.98 Å². The minimum absolute atomic E-state index is 0. The maximum absolute atomic E-state index is 10.6. The van der Waals surface area contributed by atoms with Crippen LogP contribution in [0.4, 0.5) is 5.82 Å². The Balaban J connectivity index is 0.00000341. The number of rotatable bonds is 8. The summed E-state index contributed by atoms with van der Waals surface area (Å²) in [6.45, 7) is 12.7. The van der Waals surface area contributed by atoms with Gasteiger partial charge >= 0.3 is 0 Å². The van der Waals surface area contributed by atoms with E-state index in [1.54, 1.807) is 25.3 Å². The number of aromatic nitrogens is 1. The van der Waals surface area contributed by atoms with E-state index in [9.17, 15) is 5.11 Å². The summed E-state index contributed by atoms with van der Waals surface area (Å²) >= 11 is 0. The molecule has 8 nitrogen and oxygen atoms in total. The molecule has 172 valence electrons. The molecule has 3 N–H and O–H groups in total. The monoisotopic (exact) mass is 542 g/mol. The minimum atomic E-state index is -1.12. The number of hydrogen-bond donors (Lipinski definition) is 3. The first-order valence-electron chi connectivity index (χ1n) is 10.7. The van der Waals surface area contributed by atoms with Crippen molar-refractivity contribution < 1.29 is 9.52 Å². The van der Waals surface area contributed by atoms with Crippen molar-refractivity contribution in [2.45, 2.75) is 32.9 Å². The van der Waals surface area contributed by atoms with Crippen LogP contribution in [0.25, 0.3) is 0 Å². The molecule has 0 spiro atoms. The van der Waals surface area contributed by atoms with Crippen molar-refractivity contribution in [3.8, 4) is 0 Å². The van der Waals surface area contributed by atoms with Crippen molar-refractivity contribution in [3.05, 3.63) is 48.0 Å². The lowest BCUT2D eigenvalue weighted by molar-refractivity contribution is 0.0386. The molecule has 0 bridgehead atoms. The Labute approximate surface area is 202 Å². The molecule has 1 atom stereocenters. The number of nitrogens with one attached hydrogen (secondary N) is 2. The summed E-state index contributed by atoms with van der Waals surface area (Å²) < 4.78 is 5.34. The molecule has 1 fully saturated rings. The first kappa shape index (κ1) is 25.4. The summed E-state index contributed by atoms with van der Waals surface area (Å²) in [7, 11) is 0. The maximum Gasteiger partial charge on any atom is 0.191 e. The maximum atomic E-state index is 10.6. The molecule has 3 rings (SSSR count). The zero-order valence-electron chi connectivity index (χ0n) is 18.7. The molecule has 2 aromatic heterocycles. The van der Waals surface area contributed by atoms with Crippen LogP contribution < -0.4 is 15.5 Å². The predicted molar refractivity (Wildman–Crippen MR) is 135 cm³/mol. The Morgan fingerprint density at radius 1 is 1.23 bits per heavy atom. The lowest BCUT2D eigenvalue weighted by Gasteiger charge is -2.34. The third-order valence-electron chi connectivity index (χ3n) is 5.37. The van der Waals surface area contributed by atoms with Crippen LogP contribution in [0.5, 0.6) is 0 Å². The Hall–Kier alpha value is -1.85. The Morgan fingerprint density at radius 3 is 2.65 bits per heavy atom. The van der Waals surface area contributed by atoms with E-state index in [4.69, 9.17) is 4.42 Å². The van der Waals surface area contributed by atoms with E-state index in [-0.39, 0.29) is 30.5 Å². The summed E-state index contributed by atoms with van der Waals surface area (Å²) in [6.07, 6.45) is 3.42. The van der Waals surface area contributed by atoms with Gasteiger partial charge < -0.3 is 30.0 Å². The number of furan rings is 1. The second kappa shape index (κ2) is 12.3. The van der Waals surface area contributed by atoms with E-state index in [0.717, 1.165) is 50.6 Å². The van der Waals surface area contributed by atoms with Crippen LogP contribution in [0.1, 0.15) is 32.1 Å². The van der Waals surface area contributed by atoms with Crippen molar-refractivity contribution in [1.82, 2.24) is 20.5 Å². The van der Waals surface area contributed by atoms with Gasteiger partial charge in [-0.3, -0.25) is 0 Å². The lowest BCUT2D eigenvalue weighted by Crippen LogP contribution is -2.46. The van der Waals surface area contributed by atoms with Crippen LogP contribution in [0, 0.1) is 0 Å². The van der Waals surface area contributed by atoms with Gasteiger partial charge in [0.25, 0.3) is 0 Å². The van der Waals surface area contributed by atoms with E-state index < -0.39 is 5.60 Å². The van der Waals surface area contributed by atoms with Gasteiger partial charge in [0.1, 0.15) is 17.2 Å². The number of aliphatic imine (C=N–C) groups is 1. The Morgan fingerprint density at radius 2 is 2.00 bits per heavy atom. The fourth-order valence-electron chi connectivity index (χ4n) is 3.47. The summed E-state index contributed by atoms with van der Waals surface area (Å²) in [5.41, 5.74) is -0.0163. The number of likely N-dealkylation sites (N-methyl/N-ethyl adjacent to an activating group) is 1. The molecule has 0 radical (unpaired) electrons. The molecule has 9 heteroatoms. The van der Waals surface area contributed by atoms with Gasteiger partial charge in [-0.1, -0.05) is 6.92 Å². The highest BCUT2D eigenvalue weighted by Gasteiger charge is 2.26. The van der Waals surface area contributed by atoms with Crippen molar-refractivity contribution in [1.29, 1.82) is 0 Å². The smallest absolute Gasteiger partial charge is 0.191 e. The van der Waals surface area contributed by atoms with Crippen molar-refractivity contribution in [2.75, 3.05) is 50.7 Å². The molecular weight excluding hydrogens is 507 g/mol. The first-order valence-corrected chi connectivity index (χ1v) is 10.7. The largest absolute Gasteiger partial charge is 0.466 e. The molecule has 1 unspecified atom stereocenters. The summed E-state index contributed by atoms with van der Waals surface area (Å²) in [5, 5.41) is 17.1. The number of halogens is 1. The van der Waals surface area contributed by atoms with Gasteiger partial charge in [-0.05, 0) is 50.2 Å². The predicted octanol–water partition coefficient (Wildman–Crippen LogP) is 2.40. The van der Waals surface area contributed by atoms with Crippen LogP contribution in [-0.4, -0.2) is 66.8 Å². The summed E-state index contributed by atoms with van der Waals surface area (Å²) in [5.74, 6) is 2.18. The first-order chi connectivity index (χ1) is 14.5. The van der Waals surface area contributed by atoms with E-state index in [0.29, 0.717) is 18.3 Å². The molecule has 1 aliphatic rings. The third-order valence-corrected chi connectivity index (χ3v) is 5.37. The summed E-state index contributed by atoms with van der Waals surface area (Å²) in [6, 6.07) is 7.66. The van der Waals surface area contributed by atoms with Gasteiger partial charge in [-0.2, -0.15) is 0 Å². The normalized spacial score (nSPS) is 17.0. The third kappa shape index (κ3) is 7.36. The van der Waals surface area contributed by atoms with Gasteiger partial charge in [-0.15, -0.1) is 24.0 Å². The quantitative estimate of drug-likeness (QED) is 0.268. The highest BCUT2D eigenvalue weighted by molar-refractivity contribution is 14.0. The number of anilines is 1. The average molecular weight is 542 g/mol. The molecule has 1 saturated heterocycles. The van der Waals surface area contributed by atoms with Gasteiger partial charge in [0, 0.05) is 38.9 Å². The van der Waals surface area contributed by atoms with Crippen LogP contribution in [0.2, 0.25) is 0 Å². The SMILES string of the molecule is CCNC(=NCc1ccnc(N2CCN(CC)CC2)c1)NCC(C)(O)c1ccco1.I. The van der Waals surface area contributed by atoms with E-state index in [1.165, 1.54) is 0 Å². The number of guanidine groups is 1. The average Bonchev–Trinajstić information content (AvgIpc) is 3.32. The molecular formula is C22H35IN6O2. The second-order valence-corrected chi connectivity index (χ2v) is 7.74. The van der Waals surface area contributed by atoms with Crippen molar-refractivity contribution >= 4 is 35.8 Å². The summed E-state index contributed by atoms with van der Waals surface area (Å²) in [4.78, 5) is 14.0. The molecule has 3 heterocycles. The molecule has 0 amide bonds. The minimum Gasteiger partial charge on any atom is -0.466 e. The van der Waals surface area contributed by atoms with Crippen molar-refractivity contribution in [3.63, 3.8) is 0 Å². The molecule has 0 aliphatic carbocycles. The van der Waals surface area contributed by atoms with E-state index in [2.05, 4.69) is 43.4 Å². The molecule has 1 aliphatic heterocycles. The molecule has 0 saturated carbocycles. The fourth-order valence-corrected chi connectivity index (χ4v) is 3.47. The fraction of sp³-hybridized carbons (Fsp3) is 0.545. The highest BCUT2D eigenvalue weighted by Crippen LogP contribution is 2.20. The zero-order valence-corrected chi connectivity index (χ0v) is 21.0. The lowest BCUT2D eigenvalue weighted by atomic mass is 10.0. The number of aliphatic hydroxyl groups is 1. The van der Waals surface area contributed by atoms with Gasteiger partial charge in [0.15, 0.2) is 5.96 Å². The van der Waals surface area contributed by atoms with Crippen LogP contribution >= 0.6 is 24.0 Å². The van der Waals surface area contributed by atoms with E-state index >= 15 is 0 Å². The molecule has 2 aromatic rings. The Bertz CT molecular complexity index is 804. The number of piperazine rings is 1. The van der Waals surface area contributed by atoms with Crippen LogP contribution in [0.15, 0.2) is 46.1 Å². The molecule has 31 heavy (non-hydrogen) atoms. The Kier molecular flexibility index (Phi) is 10.0. The molecule has 0 aromatic carbocycles. The van der Waals surface area contributed by atoms with Gasteiger partial charge in [0.05, 0.1) is 19.4 Å². The van der Waals surface area contributed by atoms with Gasteiger partial charge in [0.2, 0.25) is 0 Å². The standard InChI is InChI=1S/C22H34N6O2.HI/c1-4-23-21(26-17-22(3,29)19-7-6-14-30-19)25-16-18-8-9-24-20(15-18)28-12-10-27(5-2)11-13-28;/h6-9,14-15,29H,4-5,10-13,16-17H2,1-3H3,(H2,23,25,26);1H. The van der Waals surface area contributed by atoms with Crippen LogP contribution in [0.3, 0.4) is 0 Å². The van der Waals surface area contributed by atoms with Crippen LogP contribution in [-0.2, 0) is 12.1 Å². The number of hydrogen-bond acceptors (Lipinski definition) is 6. The number of nitrogens with zero attached hydrogens (tertiary/aromatic N) is 4. The zero-order chi connectivity index (χ0) is 21.4.